The molecule has 0 aliphatic heterocycles. The lowest BCUT2D eigenvalue weighted by molar-refractivity contribution is 0.423. The van der Waals surface area contributed by atoms with Crippen LogP contribution in [-0.2, 0) is 10.8 Å². The molecule has 0 aliphatic rings. The second-order valence-corrected chi connectivity index (χ2v) is 11.9. The quantitative estimate of drug-likeness (QED) is 0.390. The number of hydrogen-bond donors (Lipinski definition) is 1. The third kappa shape index (κ3) is 4.93. The van der Waals surface area contributed by atoms with Gasteiger partial charge in [0, 0.05) is 16.1 Å². The van der Waals surface area contributed by atoms with Crippen molar-refractivity contribution in [2.75, 3.05) is 0 Å². The van der Waals surface area contributed by atoms with Crippen LogP contribution >= 0.6 is 22.9 Å². The highest BCUT2D eigenvalue weighted by molar-refractivity contribution is 7.15. The maximum atomic E-state index is 13.0. The van der Waals surface area contributed by atoms with Gasteiger partial charge in [0.15, 0.2) is 5.82 Å². The molecule has 0 saturated heterocycles. The smallest absolute Gasteiger partial charge is 0.291 e. The highest BCUT2D eigenvalue weighted by Crippen LogP contribution is 2.39. The van der Waals surface area contributed by atoms with Gasteiger partial charge in [-0.15, -0.1) is 5.10 Å². The second kappa shape index (κ2) is 8.67. The Kier molecular flexibility index (Phi) is 6.17. The van der Waals surface area contributed by atoms with Crippen molar-refractivity contribution in [3.8, 4) is 5.75 Å². The molecular formula is C27H28ClN3O2S. The van der Waals surface area contributed by atoms with Gasteiger partial charge in [-0.25, -0.2) is 0 Å². The summed E-state index contributed by atoms with van der Waals surface area (Å²) in [5.74, 6) is 0.791. The van der Waals surface area contributed by atoms with Crippen molar-refractivity contribution in [3.05, 3.63) is 84.4 Å². The minimum absolute atomic E-state index is 0.207. The molecule has 34 heavy (non-hydrogen) atoms. The van der Waals surface area contributed by atoms with Crippen LogP contribution in [0.2, 0.25) is 5.02 Å². The van der Waals surface area contributed by atoms with Crippen LogP contribution in [0.1, 0.15) is 69.6 Å². The molecule has 0 bridgehead atoms. The standard InChI is InChI=1S/C27H28ClN3O2S/c1-26(2,3)19-13-17(14-20(23(19)32)27(4,5)6)15-21-24(33)31-25(34-21)29-22(30-31)12-9-16-7-10-18(28)11-8-16/h7-15,32H,1-6H3/b12-9+,21-15-. The molecule has 0 unspecified atom stereocenters. The fourth-order valence-electron chi connectivity index (χ4n) is 3.70. The minimum Gasteiger partial charge on any atom is -0.507 e. The van der Waals surface area contributed by atoms with Gasteiger partial charge >= 0.3 is 0 Å². The molecule has 0 radical (unpaired) electrons. The molecule has 4 rings (SSSR count). The van der Waals surface area contributed by atoms with E-state index in [9.17, 15) is 9.90 Å². The number of thiazole rings is 1. The van der Waals surface area contributed by atoms with Gasteiger partial charge in [-0.3, -0.25) is 4.79 Å². The van der Waals surface area contributed by atoms with E-state index in [0.717, 1.165) is 22.3 Å². The zero-order valence-electron chi connectivity index (χ0n) is 20.2. The van der Waals surface area contributed by atoms with Gasteiger partial charge in [0.25, 0.3) is 5.56 Å². The van der Waals surface area contributed by atoms with Crippen LogP contribution in [-0.4, -0.2) is 19.7 Å². The number of aromatic hydroxyl groups is 1. The minimum atomic E-state index is -0.245. The van der Waals surface area contributed by atoms with E-state index in [1.807, 2.05) is 48.6 Å². The second-order valence-electron chi connectivity index (χ2n) is 10.4. The average molecular weight is 494 g/mol. The molecule has 176 valence electrons. The molecule has 2 heterocycles. The van der Waals surface area contributed by atoms with Crippen LogP contribution in [0.15, 0.2) is 41.2 Å². The number of hydrogen-bond acceptors (Lipinski definition) is 5. The summed E-state index contributed by atoms with van der Waals surface area (Å²) in [6.45, 7) is 12.4. The summed E-state index contributed by atoms with van der Waals surface area (Å²) in [5, 5.41) is 16.0. The van der Waals surface area contributed by atoms with Gasteiger partial charge < -0.3 is 5.11 Å². The van der Waals surface area contributed by atoms with E-state index in [1.54, 1.807) is 6.08 Å². The van der Waals surface area contributed by atoms with Crippen molar-refractivity contribution in [2.45, 2.75) is 52.4 Å². The molecule has 2 aromatic carbocycles. The third-order valence-electron chi connectivity index (χ3n) is 5.54. The first kappa shape index (κ1) is 24.2. The molecule has 5 nitrogen and oxygen atoms in total. The van der Waals surface area contributed by atoms with Crippen molar-refractivity contribution in [1.82, 2.24) is 14.6 Å². The van der Waals surface area contributed by atoms with Crippen LogP contribution in [0.3, 0.4) is 0 Å². The molecule has 0 fully saturated rings. The number of phenols is 1. The van der Waals surface area contributed by atoms with Gasteiger partial charge in [0.1, 0.15) is 5.75 Å². The first-order valence-electron chi connectivity index (χ1n) is 11.1. The lowest BCUT2D eigenvalue weighted by Crippen LogP contribution is -2.24. The Labute approximate surface area is 208 Å². The van der Waals surface area contributed by atoms with Crippen molar-refractivity contribution in [2.24, 2.45) is 0 Å². The summed E-state index contributed by atoms with van der Waals surface area (Å²) in [4.78, 5) is 18.1. The summed E-state index contributed by atoms with van der Waals surface area (Å²) in [7, 11) is 0. The number of phenolic OH excluding ortho intramolecular Hbond substituents is 1. The number of halogens is 1. The molecule has 0 saturated carbocycles. The molecule has 7 heteroatoms. The zero-order chi connectivity index (χ0) is 24.8. The van der Waals surface area contributed by atoms with Gasteiger partial charge in [-0.2, -0.15) is 9.50 Å². The van der Waals surface area contributed by atoms with Gasteiger partial charge in [-0.05, 0) is 58.4 Å². The Hall–Kier alpha value is -2.96. The first-order chi connectivity index (χ1) is 15.8. The van der Waals surface area contributed by atoms with E-state index in [-0.39, 0.29) is 16.4 Å². The lowest BCUT2D eigenvalue weighted by Gasteiger charge is -2.27. The van der Waals surface area contributed by atoms with Crippen LogP contribution < -0.4 is 10.1 Å². The van der Waals surface area contributed by atoms with E-state index in [0.29, 0.717) is 26.1 Å². The highest BCUT2D eigenvalue weighted by atomic mass is 35.5. The molecule has 0 aliphatic carbocycles. The van der Waals surface area contributed by atoms with Crippen molar-refractivity contribution in [1.29, 1.82) is 0 Å². The predicted octanol–water partition coefficient (Wildman–Crippen LogP) is 5.82. The maximum absolute atomic E-state index is 13.0. The molecule has 0 spiro atoms. The Morgan fingerprint density at radius 2 is 1.53 bits per heavy atom. The SMILES string of the molecule is CC(C)(C)c1cc(/C=c2\sc3nc(/C=C/c4ccc(Cl)cc4)nn3c2=O)cc(C(C)(C)C)c1O. The number of rotatable bonds is 3. The predicted molar refractivity (Wildman–Crippen MR) is 142 cm³/mol. The normalized spacial score (nSPS) is 13.4. The maximum Gasteiger partial charge on any atom is 0.291 e. The van der Waals surface area contributed by atoms with Gasteiger partial charge in [0.2, 0.25) is 4.96 Å². The van der Waals surface area contributed by atoms with E-state index in [4.69, 9.17) is 11.6 Å². The number of fused-ring (bicyclic) bond motifs is 1. The Bertz CT molecular complexity index is 1470. The van der Waals surface area contributed by atoms with Crippen LogP contribution in [0.5, 0.6) is 5.75 Å². The zero-order valence-corrected chi connectivity index (χ0v) is 21.8. The molecular weight excluding hydrogens is 466 g/mol. The van der Waals surface area contributed by atoms with E-state index in [2.05, 4.69) is 51.6 Å². The summed E-state index contributed by atoms with van der Waals surface area (Å²) in [5.41, 5.74) is 2.85. The van der Waals surface area contributed by atoms with Crippen LogP contribution in [0.25, 0.3) is 23.2 Å². The molecule has 1 N–H and O–H groups in total. The highest BCUT2D eigenvalue weighted by Gasteiger charge is 2.26. The van der Waals surface area contributed by atoms with Crippen molar-refractivity contribution >= 4 is 46.1 Å². The lowest BCUT2D eigenvalue weighted by atomic mass is 9.78. The van der Waals surface area contributed by atoms with Crippen molar-refractivity contribution < 1.29 is 5.11 Å². The van der Waals surface area contributed by atoms with Crippen LogP contribution in [0, 0.1) is 0 Å². The van der Waals surface area contributed by atoms with Gasteiger partial charge in [-0.1, -0.05) is 82.7 Å². The Balaban J connectivity index is 1.76. The fraction of sp³-hybridized carbons (Fsp3) is 0.296. The molecule has 2 aromatic heterocycles. The molecule has 4 aromatic rings. The topological polar surface area (TPSA) is 67.5 Å². The largest absolute Gasteiger partial charge is 0.507 e. The number of benzene rings is 2. The van der Waals surface area contributed by atoms with Crippen molar-refractivity contribution in [3.63, 3.8) is 0 Å². The summed E-state index contributed by atoms with van der Waals surface area (Å²) >= 11 is 7.23. The third-order valence-corrected chi connectivity index (χ3v) is 6.75. The summed E-state index contributed by atoms with van der Waals surface area (Å²) in [6, 6.07) is 11.4. The number of nitrogens with zero attached hydrogens (tertiary/aromatic N) is 3. The monoisotopic (exact) mass is 493 g/mol. The average Bonchev–Trinajstić information content (AvgIpc) is 3.26. The van der Waals surface area contributed by atoms with E-state index in [1.165, 1.54) is 15.9 Å². The van der Waals surface area contributed by atoms with E-state index >= 15 is 0 Å². The molecule has 0 amide bonds. The number of aromatic nitrogens is 3. The Morgan fingerprint density at radius 1 is 0.941 bits per heavy atom. The first-order valence-corrected chi connectivity index (χ1v) is 12.3. The summed E-state index contributed by atoms with van der Waals surface area (Å²) in [6.07, 6.45) is 5.51. The summed E-state index contributed by atoms with van der Waals surface area (Å²) < 4.78 is 1.89. The van der Waals surface area contributed by atoms with E-state index < -0.39 is 0 Å². The van der Waals surface area contributed by atoms with Gasteiger partial charge in [0.05, 0.1) is 4.53 Å². The Morgan fingerprint density at radius 3 is 2.06 bits per heavy atom. The van der Waals surface area contributed by atoms with Crippen LogP contribution in [0.4, 0.5) is 0 Å². The molecule has 0 atom stereocenters. The fourth-order valence-corrected chi connectivity index (χ4v) is 4.74.